The lowest BCUT2D eigenvalue weighted by molar-refractivity contribution is 0.386. The van der Waals surface area contributed by atoms with Gasteiger partial charge in [0.05, 0.1) is 25.2 Å². The molecule has 0 aliphatic rings. The van der Waals surface area contributed by atoms with Crippen LogP contribution in [0.25, 0.3) is 11.0 Å². The van der Waals surface area contributed by atoms with Crippen LogP contribution in [0, 0.1) is 6.92 Å². The summed E-state index contributed by atoms with van der Waals surface area (Å²) >= 11 is 0. The zero-order chi connectivity index (χ0) is 15.5. The molecule has 0 spiro atoms. The second-order valence-corrected chi connectivity index (χ2v) is 4.93. The molecule has 0 saturated heterocycles. The zero-order valence-corrected chi connectivity index (χ0v) is 12.8. The van der Waals surface area contributed by atoms with Crippen molar-refractivity contribution < 1.29 is 9.47 Å². The quantitative estimate of drug-likeness (QED) is 0.758. The van der Waals surface area contributed by atoms with Crippen molar-refractivity contribution in [2.75, 3.05) is 19.5 Å². The minimum Gasteiger partial charge on any atom is -0.496 e. The van der Waals surface area contributed by atoms with Crippen LogP contribution in [-0.2, 0) is 6.54 Å². The molecule has 0 amide bonds. The molecular formula is C16H18N4O2. The van der Waals surface area contributed by atoms with Crippen molar-refractivity contribution in [1.82, 2.24) is 15.0 Å². The third-order valence-corrected chi connectivity index (χ3v) is 3.52. The Labute approximate surface area is 128 Å². The molecule has 3 rings (SSSR count). The number of H-pyrrole nitrogens is 1. The van der Waals surface area contributed by atoms with Crippen LogP contribution >= 0.6 is 0 Å². The van der Waals surface area contributed by atoms with Gasteiger partial charge in [-0.05, 0) is 25.1 Å². The monoisotopic (exact) mass is 298 g/mol. The number of hydrogen-bond donors (Lipinski definition) is 2. The predicted octanol–water partition coefficient (Wildman–Crippen LogP) is 2.90. The van der Waals surface area contributed by atoms with Gasteiger partial charge in [-0.15, -0.1) is 0 Å². The molecule has 22 heavy (non-hydrogen) atoms. The van der Waals surface area contributed by atoms with Crippen LogP contribution in [-0.4, -0.2) is 29.2 Å². The summed E-state index contributed by atoms with van der Waals surface area (Å²) in [6, 6.07) is 7.75. The Bertz CT molecular complexity index is 776. The van der Waals surface area contributed by atoms with Crippen molar-refractivity contribution in [1.29, 1.82) is 0 Å². The molecule has 6 heteroatoms. The van der Waals surface area contributed by atoms with Crippen LogP contribution < -0.4 is 14.8 Å². The number of rotatable bonds is 5. The molecule has 2 N–H and O–H groups in total. The molecule has 0 aliphatic carbocycles. The first-order valence-electron chi connectivity index (χ1n) is 6.97. The van der Waals surface area contributed by atoms with E-state index in [-0.39, 0.29) is 0 Å². The summed E-state index contributed by atoms with van der Waals surface area (Å²) in [6.07, 6.45) is 1.54. The van der Waals surface area contributed by atoms with Gasteiger partial charge in [-0.1, -0.05) is 6.07 Å². The second-order valence-electron chi connectivity index (χ2n) is 4.93. The molecule has 6 nitrogen and oxygen atoms in total. The van der Waals surface area contributed by atoms with Crippen LogP contribution in [0.1, 0.15) is 11.3 Å². The number of anilines is 1. The summed E-state index contributed by atoms with van der Waals surface area (Å²) in [4.78, 5) is 11.8. The van der Waals surface area contributed by atoms with Gasteiger partial charge in [-0.2, -0.15) is 0 Å². The average Bonchev–Trinajstić information content (AvgIpc) is 2.93. The van der Waals surface area contributed by atoms with Gasteiger partial charge in [0.2, 0.25) is 0 Å². The maximum atomic E-state index is 5.41. The minimum atomic E-state index is 0.545. The smallest absolute Gasteiger partial charge is 0.143 e. The number of aryl methyl sites for hydroxylation is 1. The van der Waals surface area contributed by atoms with Crippen molar-refractivity contribution >= 4 is 16.9 Å². The summed E-state index contributed by atoms with van der Waals surface area (Å²) in [5.74, 6) is 2.34. The number of aromatic nitrogens is 3. The molecule has 2 heterocycles. The van der Waals surface area contributed by atoms with Gasteiger partial charge >= 0.3 is 0 Å². The van der Waals surface area contributed by atoms with Gasteiger partial charge < -0.3 is 19.8 Å². The molecule has 0 saturated carbocycles. The van der Waals surface area contributed by atoms with Crippen LogP contribution in [0.5, 0.6) is 11.5 Å². The normalized spacial score (nSPS) is 10.7. The lowest BCUT2D eigenvalue weighted by Gasteiger charge is -2.14. The highest BCUT2D eigenvalue weighted by Crippen LogP contribution is 2.29. The SMILES string of the molecule is COc1cccc(OC)c1CNc1ncnc2[nH]c(C)cc12. The highest BCUT2D eigenvalue weighted by Gasteiger charge is 2.11. The highest BCUT2D eigenvalue weighted by molar-refractivity contribution is 5.87. The molecule has 0 fully saturated rings. The maximum absolute atomic E-state index is 5.41. The van der Waals surface area contributed by atoms with E-state index >= 15 is 0 Å². The summed E-state index contributed by atoms with van der Waals surface area (Å²) in [5, 5.41) is 4.30. The number of nitrogens with zero attached hydrogens (tertiary/aromatic N) is 2. The van der Waals surface area contributed by atoms with Crippen LogP contribution in [0.2, 0.25) is 0 Å². The fourth-order valence-electron chi connectivity index (χ4n) is 2.49. The Morgan fingerprint density at radius 2 is 1.86 bits per heavy atom. The van der Waals surface area contributed by atoms with Crippen LogP contribution in [0.4, 0.5) is 5.82 Å². The maximum Gasteiger partial charge on any atom is 0.143 e. The highest BCUT2D eigenvalue weighted by atomic mass is 16.5. The Morgan fingerprint density at radius 3 is 2.55 bits per heavy atom. The van der Waals surface area contributed by atoms with Crippen LogP contribution in [0.15, 0.2) is 30.6 Å². The molecule has 0 bridgehead atoms. The minimum absolute atomic E-state index is 0.545. The second kappa shape index (κ2) is 5.93. The average molecular weight is 298 g/mol. The molecule has 0 unspecified atom stereocenters. The molecule has 1 aromatic carbocycles. The number of hydrogen-bond acceptors (Lipinski definition) is 5. The van der Waals surface area contributed by atoms with E-state index in [4.69, 9.17) is 9.47 Å². The molecule has 114 valence electrons. The van der Waals surface area contributed by atoms with Crippen molar-refractivity contribution in [3.63, 3.8) is 0 Å². The number of methoxy groups -OCH3 is 2. The standard InChI is InChI=1S/C16H18N4O2/c1-10-7-11-15(18-9-19-16(11)20-10)17-8-12-13(21-2)5-4-6-14(12)22-3/h4-7,9H,8H2,1-3H3,(H2,17,18,19,20). The van der Waals surface area contributed by atoms with Crippen molar-refractivity contribution in [2.24, 2.45) is 0 Å². The lowest BCUT2D eigenvalue weighted by Crippen LogP contribution is -2.05. The summed E-state index contributed by atoms with van der Waals surface area (Å²) in [7, 11) is 3.30. The molecule has 0 radical (unpaired) electrons. The Morgan fingerprint density at radius 1 is 1.14 bits per heavy atom. The summed E-state index contributed by atoms with van der Waals surface area (Å²) < 4.78 is 10.8. The van der Waals surface area contributed by atoms with E-state index in [2.05, 4.69) is 20.3 Å². The predicted molar refractivity (Wildman–Crippen MR) is 85.5 cm³/mol. The van der Waals surface area contributed by atoms with Crippen LogP contribution in [0.3, 0.4) is 0 Å². The third-order valence-electron chi connectivity index (χ3n) is 3.52. The zero-order valence-electron chi connectivity index (χ0n) is 12.8. The number of nitrogens with one attached hydrogen (secondary N) is 2. The molecule has 3 aromatic rings. The van der Waals surface area contributed by atoms with Crippen molar-refractivity contribution in [3.8, 4) is 11.5 Å². The molecular weight excluding hydrogens is 280 g/mol. The lowest BCUT2D eigenvalue weighted by atomic mass is 10.1. The van der Waals surface area contributed by atoms with Gasteiger partial charge in [-0.3, -0.25) is 0 Å². The first-order valence-corrected chi connectivity index (χ1v) is 6.97. The van der Waals surface area contributed by atoms with E-state index < -0.39 is 0 Å². The fraction of sp³-hybridized carbons (Fsp3) is 0.250. The Balaban J connectivity index is 1.91. The van der Waals surface area contributed by atoms with Gasteiger partial charge in [0.25, 0.3) is 0 Å². The fourth-order valence-corrected chi connectivity index (χ4v) is 2.49. The first-order chi connectivity index (χ1) is 10.7. The first kappa shape index (κ1) is 14.2. The summed E-state index contributed by atoms with van der Waals surface area (Å²) in [5.41, 5.74) is 2.82. The molecule has 0 atom stereocenters. The number of benzene rings is 1. The number of fused-ring (bicyclic) bond motifs is 1. The van der Waals surface area contributed by atoms with Gasteiger partial charge in [0, 0.05) is 12.2 Å². The number of aromatic amines is 1. The van der Waals surface area contributed by atoms with E-state index in [0.717, 1.165) is 39.6 Å². The molecule has 0 aliphatic heterocycles. The molecule has 2 aromatic heterocycles. The Kier molecular flexibility index (Phi) is 3.82. The van der Waals surface area contributed by atoms with Gasteiger partial charge in [0.15, 0.2) is 0 Å². The van der Waals surface area contributed by atoms with E-state index in [1.54, 1.807) is 20.5 Å². The van der Waals surface area contributed by atoms with Crippen molar-refractivity contribution in [3.05, 3.63) is 41.9 Å². The Hall–Kier alpha value is -2.76. The third kappa shape index (κ3) is 2.55. The van der Waals surface area contributed by atoms with E-state index in [0.29, 0.717) is 6.54 Å². The van der Waals surface area contributed by atoms with E-state index in [1.807, 2.05) is 31.2 Å². The van der Waals surface area contributed by atoms with Gasteiger partial charge in [0.1, 0.15) is 29.3 Å². The van der Waals surface area contributed by atoms with E-state index in [9.17, 15) is 0 Å². The van der Waals surface area contributed by atoms with Crippen molar-refractivity contribution in [2.45, 2.75) is 13.5 Å². The number of ether oxygens (including phenoxy) is 2. The van der Waals surface area contributed by atoms with E-state index in [1.165, 1.54) is 0 Å². The van der Waals surface area contributed by atoms with Gasteiger partial charge in [-0.25, -0.2) is 9.97 Å². The largest absolute Gasteiger partial charge is 0.496 e. The topological polar surface area (TPSA) is 72.1 Å². The summed E-state index contributed by atoms with van der Waals surface area (Å²) in [6.45, 7) is 2.54.